The van der Waals surface area contributed by atoms with Gasteiger partial charge in [0.1, 0.15) is 16.7 Å². The number of rotatable bonds is 2. The minimum Gasteiger partial charge on any atom is -0.496 e. The minimum atomic E-state index is -0.224. The molecule has 1 heterocycles. The normalized spacial score (nSPS) is 10.7. The molecule has 4 nitrogen and oxygen atoms in total. The summed E-state index contributed by atoms with van der Waals surface area (Å²) in [5, 5.41) is 0.392. The maximum atomic E-state index is 12.3. The Hall–Kier alpha value is -2.10. The van der Waals surface area contributed by atoms with Gasteiger partial charge in [-0.15, -0.1) is 0 Å². The van der Waals surface area contributed by atoms with E-state index in [1.807, 2.05) is 13.8 Å². The quantitative estimate of drug-likeness (QED) is 0.764. The van der Waals surface area contributed by atoms with E-state index in [-0.39, 0.29) is 11.2 Å². The zero-order valence-corrected chi connectivity index (χ0v) is 10.8. The van der Waals surface area contributed by atoms with Crippen LogP contribution in [-0.4, -0.2) is 13.4 Å². The van der Waals surface area contributed by atoms with E-state index in [1.54, 1.807) is 13.0 Å². The van der Waals surface area contributed by atoms with Crippen LogP contribution in [0.1, 0.15) is 27.2 Å². The number of ether oxygens (including phenoxy) is 1. The number of carbonyl (C=O) groups excluding carboxylic acids is 1. The van der Waals surface area contributed by atoms with Gasteiger partial charge in [0.2, 0.25) is 0 Å². The number of fused-ring (bicyclic) bond motifs is 1. The lowest BCUT2D eigenvalue weighted by atomic mass is 10.0. The van der Waals surface area contributed by atoms with Crippen LogP contribution in [0.5, 0.6) is 5.75 Å². The van der Waals surface area contributed by atoms with Crippen LogP contribution in [-0.2, 0) is 0 Å². The van der Waals surface area contributed by atoms with Gasteiger partial charge in [0, 0.05) is 5.56 Å². The number of hydrogen-bond donors (Lipinski definition) is 0. The molecule has 0 bridgehead atoms. The lowest BCUT2D eigenvalue weighted by molar-refractivity contribution is 0.110. The Balaban J connectivity index is 3.10. The fourth-order valence-electron chi connectivity index (χ4n) is 1.96. The second-order valence-electron chi connectivity index (χ2n) is 4.26. The smallest absolute Gasteiger partial charge is 0.200 e. The molecule has 0 saturated heterocycles. The first kappa shape index (κ1) is 12.4. The first-order chi connectivity index (χ1) is 8.51. The summed E-state index contributed by atoms with van der Waals surface area (Å²) in [5.74, 6) is 0.547. The van der Waals surface area contributed by atoms with Crippen molar-refractivity contribution in [3.8, 4) is 5.75 Å². The van der Waals surface area contributed by atoms with Crippen molar-refractivity contribution < 1.29 is 13.9 Å². The molecule has 0 atom stereocenters. The molecule has 0 aliphatic rings. The molecule has 0 spiro atoms. The first-order valence-electron chi connectivity index (χ1n) is 5.58. The fourth-order valence-corrected chi connectivity index (χ4v) is 1.96. The molecule has 4 heteroatoms. The Kier molecular flexibility index (Phi) is 2.95. The summed E-state index contributed by atoms with van der Waals surface area (Å²) in [5.41, 5.74) is 2.29. The van der Waals surface area contributed by atoms with Crippen LogP contribution in [0, 0.1) is 20.8 Å². The van der Waals surface area contributed by atoms with E-state index in [9.17, 15) is 9.59 Å². The molecule has 0 N–H and O–H groups in total. The van der Waals surface area contributed by atoms with E-state index in [1.165, 1.54) is 7.11 Å². The summed E-state index contributed by atoms with van der Waals surface area (Å²) in [6, 6.07) is 1.80. The highest BCUT2D eigenvalue weighted by Gasteiger charge is 2.17. The van der Waals surface area contributed by atoms with Gasteiger partial charge in [-0.2, -0.15) is 0 Å². The van der Waals surface area contributed by atoms with Gasteiger partial charge in [-0.05, 0) is 38.0 Å². The number of methoxy groups -OCH3 is 1. The first-order valence-corrected chi connectivity index (χ1v) is 5.58. The fraction of sp³-hybridized carbons (Fsp3) is 0.286. The molecule has 0 fully saturated rings. The van der Waals surface area contributed by atoms with Crippen molar-refractivity contribution in [2.75, 3.05) is 7.11 Å². The Morgan fingerprint density at radius 3 is 2.44 bits per heavy atom. The lowest BCUT2D eigenvalue weighted by Crippen LogP contribution is -2.11. The zero-order chi connectivity index (χ0) is 13.4. The number of benzene rings is 1. The van der Waals surface area contributed by atoms with Crippen molar-refractivity contribution in [1.82, 2.24) is 0 Å². The minimum absolute atomic E-state index is 0.0725. The summed E-state index contributed by atoms with van der Waals surface area (Å²) in [4.78, 5) is 23.2. The van der Waals surface area contributed by atoms with Gasteiger partial charge in [-0.1, -0.05) is 0 Å². The van der Waals surface area contributed by atoms with Crippen LogP contribution >= 0.6 is 0 Å². The summed E-state index contributed by atoms with van der Waals surface area (Å²) in [6.45, 7) is 5.32. The van der Waals surface area contributed by atoms with Crippen molar-refractivity contribution in [1.29, 1.82) is 0 Å². The molecular weight excluding hydrogens is 232 g/mol. The van der Waals surface area contributed by atoms with Gasteiger partial charge < -0.3 is 9.15 Å². The topological polar surface area (TPSA) is 56.5 Å². The third kappa shape index (κ3) is 1.61. The van der Waals surface area contributed by atoms with Gasteiger partial charge in [0.15, 0.2) is 17.5 Å². The monoisotopic (exact) mass is 246 g/mol. The highest BCUT2D eigenvalue weighted by molar-refractivity contribution is 5.89. The van der Waals surface area contributed by atoms with Gasteiger partial charge in [0.25, 0.3) is 0 Å². The molecule has 94 valence electrons. The third-order valence-electron chi connectivity index (χ3n) is 3.23. The van der Waals surface area contributed by atoms with E-state index < -0.39 is 0 Å². The Labute approximate surface area is 104 Å². The number of aldehydes is 1. The number of aryl methyl sites for hydroxylation is 2. The van der Waals surface area contributed by atoms with Gasteiger partial charge in [0.05, 0.1) is 7.11 Å². The van der Waals surface area contributed by atoms with Crippen molar-refractivity contribution in [3.05, 3.63) is 38.7 Å². The van der Waals surface area contributed by atoms with E-state index in [2.05, 4.69) is 0 Å². The third-order valence-corrected chi connectivity index (χ3v) is 3.23. The molecule has 1 aromatic carbocycles. The molecule has 0 unspecified atom stereocenters. The molecular formula is C14H14O4. The van der Waals surface area contributed by atoms with Gasteiger partial charge >= 0.3 is 0 Å². The van der Waals surface area contributed by atoms with Crippen LogP contribution in [0.15, 0.2) is 15.3 Å². The number of hydrogen-bond acceptors (Lipinski definition) is 4. The van der Waals surface area contributed by atoms with Crippen molar-refractivity contribution in [2.24, 2.45) is 0 Å². The molecule has 0 saturated carbocycles. The van der Waals surface area contributed by atoms with Crippen LogP contribution in [0.3, 0.4) is 0 Å². The molecule has 0 radical (unpaired) electrons. The molecule has 18 heavy (non-hydrogen) atoms. The lowest BCUT2D eigenvalue weighted by Gasteiger charge is -2.11. The van der Waals surface area contributed by atoms with E-state index in [0.29, 0.717) is 28.6 Å². The summed E-state index contributed by atoms with van der Waals surface area (Å²) >= 11 is 0. The highest BCUT2D eigenvalue weighted by atomic mass is 16.5. The Bertz CT molecular complexity index is 695. The predicted octanol–water partition coefficient (Wildman–Crippen LogP) is 2.54. The van der Waals surface area contributed by atoms with Gasteiger partial charge in [-0.25, -0.2) is 0 Å². The number of carbonyl (C=O) groups is 1. The molecule has 0 amide bonds. The predicted molar refractivity (Wildman–Crippen MR) is 68.6 cm³/mol. The van der Waals surface area contributed by atoms with Crippen LogP contribution < -0.4 is 10.2 Å². The standard InChI is InChI=1S/C14H14O4/c1-7-5-10(17-4)12-13(16)9(3)11(6-15)18-14(12)8(7)2/h5-6H,1-4H3. The molecule has 2 aromatic rings. The molecule has 1 aromatic heterocycles. The molecule has 2 rings (SSSR count). The maximum Gasteiger partial charge on any atom is 0.200 e. The zero-order valence-electron chi connectivity index (χ0n) is 10.8. The molecule has 0 aliphatic heterocycles. The average molecular weight is 246 g/mol. The van der Waals surface area contributed by atoms with Crippen LogP contribution in [0.25, 0.3) is 11.0 Å². The second-order valence-corrected chi connectivity index (χ2v) is 4.26. The average Bonchev–Trinajstić information content (AvgIpc) is 2.37. The Morgan fingerprint density at radius 2 is 1.89 bits per heavy atom. The largest absolute Gasteiger partial charge is 0.496 e. The second kappa shape index (κ2) is 4.29. The Morgan fingerprint density at radius 1 is 1.22 bits per heavy atom. The van der Waals surface area contributed by atoms with Crippen molar-refractivity contribution in [2.45, 2.75) is 20.8 Å². The SMILES string of the molecule is COc1cc(C)c(C)c2oc(C=O)c(C)c(=O)c12. The van der Waals surface area contributed by atoms with Crippen LogP contribution in [0.2, 0.25) is 0 Å². The van der Waals surface area contributed by atoms with Crippen molar-refractivity contribution >= 4 is 17.3 Å². The van der Waals surface area contributed by atoms with E-state index in [0.717, 1.165) is 11.1 Å². The summed E-state index contributed by atoms with van der Waals surface area (Å²) in [7, 11) is 1.51. The van der Waals surface area contributed by atoms with Gasteiger partial charge in [-0.3, -0.25) is 9.59 Å². The summed E-state index contributed by atoms with van der Waals surface area (Å²) in [6.07, 6.45) is 0.560. The summed E-state index contributed by atoms with van der Waals surface area (Å²) < 4.78 is 10.8. The molecule has 0 aliphatic carbocycles. The highest BCUT2D eigenvalue weighted by Crippen LogP contribution is 2.29. The van der Waals surface area contributed by atoms with E-state index >= 15 is 0 Å². The van der Waals surface area contributed by atoms with Crippen molar-refractivity contribution in [3.63, 3.8) is 0 Å². The maximum absolute atomic E-state index is 12.3. The van der Waals surface area contributed by atoms with E-state index in [4.69, 9.17) is 9.15 Å². The van der Waals surface area contributed by atoms with Crippen LogP contribution in [0.4, 0.5) is 0 Å².